The number of amides is 1. The van der Waals surface area contributed by atoms with E-state index in [0.29, 0.717) is 17.2 Å². The third-order valence-corrected chi connectivity index (χ3v) is 5.99. The number of fused-ring (bicyclic) bond motifs is 1. The quantitative estimate of drug-likeness (QED) is 0.416. The second-order valence-corrected chi connectivity index (χ2v) is 8.01. The molecule has 2 aromatic carbocycles. The standard InChI is InChI=1S/C21H16BrN3OS/c1-14-6-4-10-18-19(14)24-21(27-18)25(13-15-7-5-11-23-12-15)20(26)16-8-2-3-9-17(16)22/h2-12H,13H2,1H3. The summed E-state index contributed by atoms with van der Waals surface area (Å²) in [4.78, 5) is 24.0. The number of aryl methyl sites for hydroxylation is 1. The molecule has 2 aromatic heterocycles. The molecule has 0 radical (unpaired) electrons. The molecule has 0 saturated carbocycles. The maximum atomic E-state index is 13.4. The molecule has 134 valence electrons. The molecule has 1 amide bonds. The zero-order valence-electron chi connectivity index (χ0n) is 14.6. The maximum absolute atomic E-state index is 13.4. The normalized spacial score (nSPS) is 10.9. The number of hydrogen-bond donors (Lipinski definition) is 0. The number of para-hydroxylation sites is 1. The van der Waals surface area contributed by atoms with Gasteiger partial charge >= 0.3 is 0 Å². The Morgan fingerprint density at radius 3 is 2.70 bits per heavy atom. The molecular weight excluding hydrogens is 422 g/mol. The van der Waals surface area contributed by atoms with Crippen molar-refractivity contribution >= 4 is 48.5 Å². The summed E-state index contributed by atoms with van der Waals surface area (Å²) in [5, 5.41) is 0.684. The van der Waals surface area contributed by atoms with E-state index < -0.39 is 0 Å². The lowest BCUT2D eigenvalue weighted by Gasteiger charge is -2.20. The van der Waals surface area contributed by atoms with E-state index in [9.17, 15) is 4.79 Å². The molecule has 0 saturated heterocycles. The molecule has 27 heavy (non-hydrogen) atoms. The van der Waals surface area contributed by atoms with Gasteiger partial charge in [-0.05, 0) is 58.2 Å². The van der Waals surface area contributed by atoms with E-state index in [4.69, 9.17) is 4.98 Å². The van der Waals surface area contributed by atoms with E-state index in [1.165, 1.54) is 11.3 Å². The second kappa shape index (κ2) is 7.58. The van der Waals surface area contributed by atoms with Gasteiger partial charge in [0.05, 0.1) is 22.3 Å². The van der Waals surface area contributed by atoms with E-state index in [0.717, 1.165) is 25.8 Å². The van der Waals surface area contributed by atoms with Gasteiger partial charge in [-0.2, -0.15) is 0 Å². The van der Waals surface area contributed by atoms with Crippen LogP contribution in [0.15, 0.2) is 71.5 Å². The van der Waals surface area contributed by atoms with Crippen LogP contribution in [0.4, 0.5) is 5.13 Å². The van der Waals surface area contributed by atoms with E-state index in [-0.39, 0.29) is 5.91 Å². The van der Waals surface area contributed by atoms with Crippen molar-refractivity contribution in [2.24, 2.45) is 0 Å². The Morgan fingerprint density at radius 2 is 1.96 bits per heavy atom. The Labute approximate surface area is 169 Å². The number of aromatic nitrogens is 2. The summed E-state index contributed by atoms with van der Waals surface area (Å²) in [6.07, 6.45) is 3.50. The van der Waals surface area contributed by atoms with Crippen LogP contribution in [0, 0.1) is 6.92 Å². The number of rotatable bonds is 4. The highest BCUT2D eigenvalue weighted by molar-refractivity contribution is 9.10. The van der Waals surface area contributed by atoms with Crippen LogP contribution in [0.2, 0.25) is 0 Å². The molecule has 0 aliphatic heterocycles. The largest absolute Gasteiger partial charge is 0.279 e. The number of thiazole rings is 1. The van der Waals surface area contributed by atoms with Crippen LogP contribution in [0.25, 0.3) is 10.2 Å². The summed E-state index contributed by atoms with van der Waals surface area (Å²) >= 11 is 5.02. The minimum Gasteiger partial charge on any atom is -0.279 e. The summed E-state index contributed by atoms with van der Waals surface area (Å²) in [6, 6.07) is 17.4. The highest BCUT2D eigenvalue weighted by Gasteiger charge is 2.23. The number of benzene rings is 2. The lowest BCUT2D eigenvalue weighted by molar-refractivity contribution is 0.0984. The number of halogens is 1. The molecule has 0 aliphatic rings. The van der Waals surface area contributed by atoms with Gasteiger partial charge in [-0.25, -0.2) is 4.98 Å². The van der Waals surface area contributed by atoms with Gasteiger partial charge in [0.25, 0.3) is 5.91 Å². The number of anilines is 1. The summed E-state index contributed by atoms with van der Waals surface area (Å²) in [5.41, 5.74) is 3.60. The molecule has 0 fully saturated rings. The Morgan fingerprint density at radius 1 is 1.11 bits per heavy atom. The average Bonchev–Trinajstić information content (AvgIpc) is 3.12. The van der Waals surface area contributed by atoms with Gasteiger partial charge in [-0.15, -0.1) is 0 Å². The van der Waals surface area contributed by atoms with Crippen LogP contribution in [-0.4, -0.2) is 15.9 Å². The minimum absolute atomic E-state index is 0.0944. The lowest BCUT2D eigenvalue weighted by atomic mass is 10.2. The third-order valence-electron chi connectivity index (χ3n) is 4.25. The van der Waals surface area contributed by atoms with Crippen LogP contribution in [0.3, 0.4) is 0 Å². The smallest absolute Gasteiger partial charge is 0.261 e. The van der Waals surface area contributed by atoms with E-state index in [1.807, 2.05) is 61.5 Å². The van der Waals surface area contributed by atoms with Gasteiger partial charge < -0.3 is 0 Å². The van der Waals surface area contributed by atoms with Crippen LogP contribution >= 0.6 is 27.3 Å². The molecule has 4 nitrogen and oxygen atoms in total. The van der Waals surface area contributed by atoms with Crippen LogP contribution < -0.4 is 4.90 Å². The average molecular weight is 438 g/mol. The Bertz CT molecular complexity index is 1110. The van der Waals surface area contributed by atoms with Crippen LogP contribution in [0.1, 0.15) is 21.5 Å². The van der Waals surface area contributed by atoms with Gasteiger partial charge in [-0.3, -0.25) is 14.7 Å². The molecule has 0 unspecified atom stereocenters. The third kappa shape index (κ3) is 3.63. The first-order valence-electron chi connectivity index (χ1n) is 8.45. The first-order chi connectivity index (χ1) is 13.1. The zero-order valence-corrected chi connectivity index (χ0v) is 17.0. The first-order valence-corrected chi connectivity index (χ1v) is 10.1. The summed E-state index contributed by atoms with van der Waals surface area (Å²) < 4.78 is 1.84. The zero-order chi connectivity index (χ0) is 18.8. The second-order valence-electron chi connectivity index (χ2n) is 6.15. The fourth-order valence-corrected chi connectivity index (χ4v) is 4.37. The Kier molecular flexibility index (Phi) is 5.01. The number of hydrogen-bond acceptors (Lipinski definition) is 4. The van der Waals surface area contributed by atoms with Crippen LogP contribution in [-0.2, 0) is 6.54 Å². The summed E-state index contributed by atoms with van der Waals surface area (Å²) in [5.74, 6) is -0.0944. The van der Waals surface area contributed by atoms with Gasteiger partial charge in [0.15, 0.2) is 5.13 Å². The molecule has 0 aliphatic carbocycles. The monoisotopic (exact) mass is 437 g/mol. The molecule has 6 heteroatoms. The van der Waals surface area contributed by atoms with E-state index in [1.54, 1.807) is 17.3 Å². The highest BCUT2D eigenvalue weighted by Crippen LogP contribution is 2.33. The fraction of sp³-hybridized carbons (Fsp3) is 0.0952. The van der Waals surface area contributed by atoms with Crippen molar-refractivity contribution in [1.29, 1.82) is 0 Å². The van der Waals surface area contributed by atoms with Gasteiger partial charge in [0, 0.05) is 16.9 Å². The molecule has 0 N–H and O–H groups in total. The highest BCUT2D eigenvalue weighted by atomic mass is 79.9. The van der Waals surface area contributed by atoms with Gasteiger partial charge in [0.2, 0.25) is 0 Å². The molecule has 0 atom stereocenters. The van der Waals surface area contributed by atoms with Gasteiger partial charge in [0.1, 0.15) is 0 Å². The van der Waals surface area contributed by atoms with E-state index >= 15 is 0 Å². The maximum Gasteiger partial charge on any atom is 0.261 e. The van der Waals surface area contributed by atoms with Crippen molar-refractivity contribution in [3.05, 3.63) is 88.2 Å². The predicted octanol–water partition coefficient (Wildman–Crippen LogP) is 5.61. The van der Waals surface area contributed by atoms with Crippen molar-refractivity contribution in [1.82, 2.24) is 9.97 Å². The number of carbonyl (C=O) groups excluding carboxylic acids is 1. The van der Waals surface area contributed by atoms with Crippen molar-refractivity contribution in [2.75, 3.05) is 4.90 Å². The molecule has 0 bridgehead atoms. The number of nitrogens with zero attached hydrogens (tertiary/aromatic N) is 3. The van der Waals surface area contributed by atoms with Crippen LogP contribution in [0.5, 0.6) is 0 Å². The van der Waals surface area contributed by atoms with E-state index in [2.05, 4.69) is 20.9 Å². The lowest BCUT2D eigenvalue weighted by Crippen LogP contribution is -2.30. The molecule has 4 rings (SSSR count). The number of carbonyl (C=O) groups is 1. The SMILES string of the molecule is Cc1cccc2sc(N(Cc3cccnc3)C(=O)c3ccccc3Br)nc12. The summed E-state index contributed by atoms with van der Waals surface area (Å²) in [6.45, 7) is 2.44. The molecule has 4 aromatic rings. The first kappa shape index (κ1) is 17.8. The van der Waals surface area contributed by atoms with Crippen molar-refractivity contribution in [3.8, 4) is 0 Å². The molecule has 2 heterocycles. The van der Waals surface area contributed by atoms with Crippen molar-refractivity contribution in [3.63, 3.8) is 0 Å². The molecular formula is C21H16BrN3OS. The number of pyridine rings is 1. The Balaban J connectivity index is 1.81. The van der Waals surface area contributed by atoms with Gasteiger partial charge in [-0.1, -0.05) is 41.7 Å². The summed E-state index contributed by atoms with van der Waals surface area (Å²) in [7, 11) is 0. The van der Waals surface area contributed by atoms with Crippen molar-refractivity contribution in [2.45, 2.75) is 13.5 Å². The predicted molar refractivity (Wildman–Crippen MR) is 113 cm³/mol. The van der Waals surface area contributed by atoms with Crippen molar-refractivity contribution < 1.29 is 4.79 Å². The minimum atomic E-state index is -0.0944. The topological polar surface area (TPSA) is 46.1 Å². The fourth-order valence-electron chi connectivity index (χ4n) is 2.87. The Hall–Kier alpha value is -2.57. The molecule has 0 spiro atoms.